The molecule has 0 saturated heterocycles. The summed E-state index contributed by atoms with van der Waals surface area (Å²) in [6, 6.07) is 0. The van der Waals surface area contributed by atoms with E-state index in [0.717, 1.165) is 69.6 Å². The van der Waals surface area contributed by atoms with E-state index in [0.29, 0.717) is 19.3 Å². The lowest BCUT2D eigenvalue weighted by Gasteiger charge is -2.18. The quantitative estimate of drug-likeness (QED) is 0.0352. The smallest absolute Gasteiger partial charge is 0.306 e. The highest BCUT2D eigenvalue weighted by atomic mass is 16.6. The van der Waals surface area contributed by atoms with Gasteiger partial charge >= 0.3 is 17.9 Å². The van der Waals surface area contributed by atoms with Gasteiger partial charge in [0.2, 0.25) is 0 Å². The van der Waals surface area contributed by atoms with Crippen molar-refractivity contribution < 1.29 is 28.6 Å². The average Bonchev–Trinajstić information content (AvgIpc) is 3.12. The van der Waals surface area contributed by atoms with Crippen LogP contribution in [0.5, 0.6) is 0 Å². The molecular formula is C47H90O6. The molecule has 0 aliphatic rings. The van der Waals surface area contributed by atoms with Gasteiger partial charge in [-0.25, -0.2) is 0 Å². The fourth-order valence-electron chi connectivity index (χ4n) is 6.93. The molecule has 314 valence electrons. The lowest BCUT2D eigenvalue weighted by atomic mass is 10.0. The van der Waals surface area contributed by atoms with Crippen LogP contribution < -0.4 is 0 Å². The van der Waals surface area contributed by atoms with E-state index < -0.39 is 6.10 Å². The molecule has 0 rings (SSSR count). The number of unbranched alkanes of at least 4 members (excludes halogenated alkanes) is 26. The molecule has 0 spiro atoms. The summed E-state index contributed by atoms with van der Waals surface area (Å²) < 4.78 is 16.7. The highest BCUT2D eigenvalue weighted by molar-refractivity contribution is 5.71. The zero-order valence-corrected chi connectivity index (χ0v) is 36.1. The molecule has 53 heavy (non-hydrogen) atoms. The van der Waals surface area contributed by atoms with E-state index in [-0.39, 0.29) is 31.1 Å². The normalized spacial score (nSPS) is 12.1. The second-order valence-corrected chi connectivity index (χ2v) is 17.0. The van der Waals surface area contributed by atoms with Gasteiger partial charge in [0.25, 0.3) is 0 Å². The summed E-state index contributed by atoms with van der Waals surface area (Å²) in [7, 11) is 0. The first-order valence-corrected chi connectivity index (χ1v) is 23.2. The van der Waals surface area contributed by atoms with Gasteiger partial charge in [-0.2, -0.15) is 0 Å². The zero-order chi connectivity index (χ0) is 39.0. The minimum atomic E-state index is -0.760. The van der Waals surface area contributed by atoms with Gasteiger partial charge in [0.15, 0.2) is 6.10 Å². The average molecular weight is 751 g/mol. The predicted molar refractivity (Wildman–Crippen MR) is 224 cm³/mol. The largest absolute Gasteiger partial charge is 0.462 e. The number of carbonyl (C=O) groups is 3. The van der Waals surface area contributed by atoms with E-state index in [4.69, 9.17) is 14.2 Å². The predicted octanol–water partition coefficient (Wildman–Crippen LogP) is 14.6. The van der Waals surface area contributed by atoms with Crippen LogP contribution in [-0.4, -0.2) is 37.2 Å². The third kappa shape index (κ3) is 41.4. The van der Waals surface area contributed by atoms with Crippen LogP contribution >= 0.6 is 0 Å². The molecule has 0 aromatic heterocycles. The third-order valence-electron chi connectivity index (χ3n) is 10.5. The minimum absolute atomic E-state index is 0.0653. The van der Waals surface area contributed by atoms with E-state index in [1.165, 1.54) is 141 Å². The SMILES string of the molecule is CCCCCCCCCCCCCCC(=O)OC[C@@H](COC(=O)CCCCCCCCCCCCC(C)C)OC(=O)CCCCCCCCCC(C)C. The van der Waals surface area contributed by atoms with Crippen molar-refractivity contribution in [2.24, 2.45) is 11.8 Å². The maximum atomic E-state index is 12.7. The van der Waals surface area contributed by atoms with Gasteiger partial charge in [-0.15, -0.1) is 0 Å². The van der Waals surface area contributed by atoms with Crippen molar-refractivity contribution in [2.45, 2.75) is 259 Å². The van der Waals surface area contributed by atoms with E-state index in [2.05, 4.69) is 34.6 Å². The molecule has 0 radical (unpaired) electrons. The van der Waals surface area contributed by atoms with Crippen LogP contribution in [0.25, 0.3) is 0 Å². The Labute approximate surface area is 329 Å². The van der Waals surface area contributed by atoms with Crippen molar-refractivity contribution in [3.8, 4) is 0 Å². The standard InChI is InChI=1S/C47H90O6/c1-6-7-8-9-10-11-12-13-17-22-27-32-37-45(48)51-40-44(53-47(50)39-34-29-24-19-21-26-31-36-43(4)5)41-52-46(49)38-33-28-23-18-15-14-16-20-25-30-35-42(2)3/h42-44H,6-41H2,1-5H3/t44-/m0/s1. The Bertz CT molecular complexity index is 809. The van der Waals surface area contributed by atoms with Gasteiger partial charge in [-0.1, -0.05) is 214 Å². The Balaban J connectivity index is 4.32. The second kappa shape index (κ2) is 40.1. The van der Waals surface area contributed by atoms with Gasteiger partial charge in [0, 0.05) is 19.3 Å². The molecule has 0 aliphatic heterocycles. The Hall–Kier alpha value is -1.59. The molecule has 0 aromatic carbocycles. The molecule has 0 heterocycles. The van der Waals surface area contributed by atoms with Crippen LogP contribution in [0.2, 0.25) is 0 Å². The number of esters is 3. The molecule has 6 heteroatoms. The summed E-state index contributed by atoms with van der Waals surface area (Å²) in [5.74, 6) is 0.737. The molecule has 0 aliphatic carbocycles. The van der Waals surface area contributed by atoms with Gasteiger partial charge in [-0.05, 0) is 31.1 Å². The van der Waals surface area contributed by atoms with Gasteiger partial charge in [0.05, 0.1) is 0 Å². The van der Waals surface area contributed by atoms with Crippen molar-refractivity contribution in [3.05, 3.63) is 0 Å². The van der Waals surface area contributed by atoms with Crippen molar-refractivity contribution in [3.63, 3.8) is 0 Å². The summed E-state index contributed by atoms with van der Waals surface area (Å²) in [5.41, 5.74) is 0. The fraction of sp³-hybridized carbons (Fsp3) is 0.936. The van der Waals surface area contributed by atoms with Crippen LogP contribution in [-0.2, 0) is 28.6 Å². The first-order chi connectivity index (χ1) is 25.7. The third-order valence-corrected chi connectivity index (χ3v) is 10.5. The summed E-state index contributed by atoms with van der Waals surface area (Å²) in [4.78, 5) is 37.7. The summed E-state index contributed by atoms with van der Waals surface area (Å²) in [6.45, 7) is 11.3. The van der Waals surface area contributed by atoms with Gasteiger partial charge in [-0.3, -0.25) is 14.4 Å². The topological polar surface area (TPSA) is 78.9 Å². The van der Waals surface area contributed by atoms with Crippen molar-refractivity contribution in [1.29, 1.82) is 0 Å². The molecule has 0 N–H and O–H groups in total. The van der Waals surface area contributed by atoms with Gasteiger partial charge in [0.1, 0.15) is 13.2 Å². The Morgan fingerprint density at radius 1 is 0.358 bits per heavy atom. The van der Waals surface area contributed by atoms with Crippen LogP contribution in [0.15, 0.2) is 0 Å². The fourth-order valence-corrected chi connectivity index (χ4v) is 6.93. The van der Waals surface area contributed by atoms with Crippen molar-refractivity contribution in [2.75, 3.05) is 13.2 Å². The van der Waals surface area contributed by atoms with Gasteiger partial charge < -0.3 is 14.2 Å². The highest BCUT2D eigenvalue weighted by Gasteiger charge is 2.19. The van der Waals surface area contributed by atoms with Crippen LogP contribution in [0, 0.1) is 11.8 Å². The summed E-state index contributed by atoms with van der Waals surface area (Å²) in [5, 5.41) is 0. The molecule has 0 saturated carbocycles. The van der Waals surface area contributed by atoms with Crippen molar-refractivity contribution in [1.82, 2.24) is 0 Å². The lowest BCUT2D eigenvalue weighted by Crippen LogP contribution is -2.30. The number of carbonyl (C=O) groups excluding carboxylic acids is 3. The molecule has 0 aromatic rings. The Morgan fingerprint density at radius 2 is 0.623 bits per heavy atom. The van der Waals surface area contributed by atoms with Crippen LogP contribution in [0.3, 0.4) is 0 Å². The van der Waals surface area contributed by atoms with E-state index >= 15 is 0 Å². The summed E-state index contributed by atoms with van der Waals surface area (Å²) >= 11 is 0. The zero-order valence-electron chi connectivity index (χ0n) is 36.1. The Kier molecular flexibility index (Phi) is 38.9. The van der Waals surface area contributed by atoms with Crippen LogP contribution in [0.4, 0.5) is 0 Å². The monoisotopic (exact) mass is 751 g/mol. The lowest BCUT2D eigenvalue weighted by molar-refractivity contribution is -0.167. The van der Waals surface area contributed by atoms with E-state index in [1.54, 1.807) is 0 Å². The molecule has 1 atom stereocenters. The molecule has 6 nitrogen and oxygen atoms in total. The minimum Gasteiger partial charge on any atom is -0.462 e. The second-order valence-electron chi connectivity index (χ2n) is 17.0. The molecule has 0 fully saturated rings. The molecule has 0 bridgehead atoms. The molecule has 0 unspecified atom stereocenters. The Morgan fingerprint density at radius 3 is 0.925 bits per heavy atom. The first kappa shape index (κ1) is 51.4. The molecular weight excluding hydrogens is 661 g/mol. The van der Waals surface area contributed by atoms with E-state index in [1.807, 2.05) is 0 Å². The number of rotatable bonds is 41. The van der Waals surface area contributed by atoms with E-state index in [9.17, 15) is 14.4 Å². The highest BCUT2D eigenvalue weighted by Crippen LogP contribution is 2.16. The molecule has 0 amide bonds. The van der Waals surface area contributed by atoms with Crippen LogP contribution in [0.1, 0.15) is 253 Å². The maximum absolute atomic E-state index is 12.7. The maximum Gasteiger partial charge on any atom is 0.306 e. The summed E-state index contributed by atoms with van der Waals surface area (Å²) in [6.07, 6.45) is 38.1. The first-order valence-electron chi connectivity index (χ1n) is 23.2. The number of ether oxygens (including phenoxy) is 3. The van der Waals surface area contributed by atoms with Crippen molar-refractivity contribution >= 4 is 17.9 Å². The number of hydrogen-bond donors (Lipinski definition) is 0. The number of hydrogen-bond acceptors (Lipinski definition) is 6.